The molecular formula is C22H14F6O6S2. The SMILES string of the molecule is O=S(=O)(Oc1ccc2c(c1)c1c(c3cc(OS(=O)(=O)C(F)(F)F)ccc32)CC=CC/C=C\1)C(F)(F)F. The molecule has 0 bridgehead atoms. The summed E-state index contributed by atoms with van der Waals surface area (Å²) >= 11 is 0. The molecule has 0 fully saturated rings. The van der Waals surface area contributed by atoms with Crippen molar-refractivity contribution in [2.24, 2.45) is 0 Å². The summed E-state index contributed by atoms with van der Waals surface area (Å²) in [5.74, 6) is -1.18. The maximum absolute atomic E-state index is 12.8. The van der Waals surface area contributed by atoms with Crippen LogP contribution in [0.5, 0.6) is 11.5 Å². The van der Waals surface area contributed by atoms with Crippen molar-refractivity contribution >= 4 is 47.9 Å². The van der Waals surface area contributed by atoms with Gasteiger partial charge in [-0.1, -0.05) is 30.4 Å². The number of allylic oxidation sites excluding steroid dienone is 3. The molecule has 0 amide bonds. The topological polar surface area (TPSA) is 86.7 Å². The molecule has 1 aliphatic carbocycles. The number of halogens is 6. The van der Waals surface area contributed by atoms with E-state index in [0.29, 0.717) is 39.1 Å². The number of rotatable bonds is 4. The lowest BCUT2D eigenvalue weighted by Gasteiger charge is -2.18. The maximum Gasteiger partial charge on any atom is 0.534 e. The number of alkyl halides is 6. The van der Waals surface area contributed by atoms with Crippen molar-refractivity contribution in [3.63, 3.8) is 0 Å². The van der Waals surface area contributed by atoms with E-state index in [-0.39, 0.29) is 6.42 Å². The van der Waals surface area contributed by atoms with Crippen molar-refractivity contribution in [1.82, 2.24) is 0 Å². The first-order valence-corrected chi connectivity index (χ1v) is 12.8. The lowest BCUT2D eigenvalue weighted by molar-refractivity contribution is -0.0504. The maximum atomic E-state index is 12.8. The summed E-state index contributed by atoms with van der Waals surface area (Å²) in [6, 6.07) is 6.85. The minimum absolute atomic E-state index is 0.230. The molecule has 0 spiro atoms. The Morgan fingerprint density at radius 1 is 0.639 bits per heavy atom. The van der Waals surface area contributed by atoms with Gasteiger partial charge in [-0.15, -0.1) is 0 Å². The summed E-state index contributed by atoms with van der Waals surface area (Å²) in [5, 5.41) is 1.46. The van der Waals surface area contributed by atoms with Crippen LogP contribution in [0.15, 0.2) is 54.6 Å². The Bertz CT molecular complexity index is 1640. The zero-order chi connectivity index (χ0) is 26.5. The van der Waals surface area contributed by atoms with Gasteiger partial charge in [-0.2, -0.15) is 43.2 Å². The van der Waals surface area contributed by atoms with Crippen molar-refractivity contribution in [1.29, 1.82) is 0 Å². The van der Waals surface area contributed by atoms with Crippen LogP contribution in [0.4, 0.5) is 26.3 Å². The van der Waals surface area contributed by atoms with E-state index in [1.54, 1.807) is 24.3 Å². The zero-order valence-electron chi connectivity index (χ0n) is 17.7. The molecule has 0 saturated carbocycles. The molecule has 0 atom stereocenters. The van der Waals surface area contributed by atoms with Crippen LogP contribution in [-0.2, 0) is 26.7 Å². The Kier molecular flexibility index (Phi) is 6.23. The van der Waals surface area contributed by atoms with Gasteiger partial charge in [0.2, 0.25) is 0 Å². The van der Waals surface area contributed by atoms with Crippen LogP contribution in [0, 0.1) is 0 Å². The zero-order valence-corrected chi connectivity index (χ0v) is 19.4. The van der Waals surface area contributed by atoms with E-state index in [0.717, 1.165) is 24.3 Å². The number of hydrogen-bond acceptors (Lipinski definition) is 6. The normalized spacial score (nSPS) is 15.8. The van der Waals surface area contributed by atoms with E-state index in [2.05, 4.69) is 8.37 Å². The lowest BCUT2D eigenvalue weighted by Crippen LogP contribution is -2.28. The molecule has 0 radical (unpaired) electrons. The highest BCUT2D eigenvalue weighted by molar-refractivity contribution is 7.88. The highest BCUT2D eigenvalue weighted by atomic mass is 32.2. The van der Waals surface area contributed by atoms with Crippen LogP contribution in [0.2, 0.25) is 0 Å². The molecule has 0 heterocycles. The van der Waals surface area contributed by atoms with Gasteiger partial charge in [-0.05, 0) is 75.8 Å². The van der Waals surface area contributed by atoms with Gasteiger partial charge in [0.15, 0.2) is 0 Å². The fourth-order valence-corrected chi connectivity index (χ4v) is 4.62. The Morgan fingerprint density at radius 3 is 1.67 bits per heavy atom. The van der Waals surface area contributed by atoms with E-state index in [4.69, 9.17) is 0 Å². The van der Waals surface area contributed by atoms with Crippen LogP contribution < -0.4 is 8.37 Å². The van der Waals surface area contributed by atoms with Gasteiger partial charge in [0, 0.05) is 0 Å². The summed E-state index contributed by atoms with van der Waals surface area (Å²) in [7, 11) is -11.9. The molecule has 0 aliphatic heterocycles. The standard InChI is InChI=1S/C22H14F6O6S2/c23-21(24,25)35(29,30)33-13-7-9-17-18-10-8-14(34-36(31,32)22(26,27)28)12-20(18)16-6-4-2-1-3-5-15(16)19(17)11-13/h1,3-4,6-12H,2,5H2/b3-1?,6-4-. The Morgan fingerprint density at radius 2 is 1.14 bits per heavy atom. The quantitative estimate of drug-likeness (QED) is 0.130. The third kappa shape index (κ3) is 4.74. The molecule has 4 rings (SSSR count). The van der Waals surface area contributed by atoms with Crippen molar-refractivity contribution < 1.29 is 51.5 Å². The van der Waals surface area contributed by atoms with Crippen molar-refractivity contribution in [2.45, 2.75) is 23.9 Å². The molecule has 0 unspecified atom stereocenters. The molecule has 3 aromatic rings. The smallest absolute Gasteiger partial charge is 0.376 e. The third-order valence-electron chi connectivity index (χ3n) is 5.24. The fourth-order valence-electron chi connectivity index (χ4n) is 3.72. The minimum atomic E-state index is -5.93. The summed E-state index contributed by atoms with van der Waals surface area (Å²) in [5.41, 5.74) is -10.3. The van der Waals surface area contributed by atoms with Gasteiger partial charge in [0.25, 0.3) is 0 Å². The molecule has 1 aliphatic rings. The summed E-state index contributed by atoms with van der Waals surface area (Å²) in [4.78, 5) is 0. The Hall–Kier alpha value is -3.26. The molecule has 6 nitrogen and oxygen atoms in total. The van der Waals surface area contributed by atoms with Gasteiger partial charge in [0.05, 0.1) is 0 Å². The van der Waals surface area contributed by atoms with E-state index in [9.17, 15) is 43.2 Å². The molecule has 36 heavy (non-hydrogen) atoms. The largest absolute Gasteiger partial charge is 0.534 e. The van der Waals surface area contributed by atoms with E-state index in [1.165, 1.54) is 12.1 Å². The van der Waals surface area contributed by atoms with E-state index < -0.39 is 42.8 Å². The number of fused-ring (bicyclic) bond motifs is 6. The number of benzene rings is 3. The predicted octanol–water partition coefficient (Wildman–Crippen LogP) is 5.97. The van der Waals surface area contributed by atoms with Gasteiger partial charge in [0.1, 0.15) is 11.5 Å². The lowest BCUT2D eigenvalue weighted by atomic mass is 9.88. The predicted molar refractivity (Wildman–Crippen MR) is 119 cm³/mol. The van der Waals surface area contributed by atoms with Gasteiger partial charge < -0.3 is 8.37 Å². The van der Waals surface area contributed by atoms with Gasteiger partial charge >= 0.3 is 31.3 Å². The van der Waals surface area contributed by atoms with E-state index >= 15 is 0 Å². The highest BCUT2D eigenvalue weighted by Crippen LogP contribution is 2.40. The van der Waals surface area contributed by atoms with Gasteiger partial charge in [-0.3, -0.25) is 0 Å². The summed E-state index contributed by atoms with van der Waals surface area (Å²) in [6.07, 6.45) is 7.64. The molecule has 0 saturated heterocycles. The highest BCUT2D eigenvalue weighted by Gasteiger charge is 2.49. The van der Waals surface area contributed by atoms with Crippen molar-refractivity contribution in [2.75, 3.05) is 0 Å². The molecule has 0 N–H and O–H groups in total. The summed E-state index contributed by atoms with van der Waals surface area (Å²) in [6.45, 7) is 0. The Balaban J connectivity index is 1.96. The molecule has 3 aromatic carbocycles. The Labute approximate surface area is 200 Å². The van der Waals surface area contributed by atoms with Crippen LogP contribution in [0.25, 0.3) is 27.6 Å². The van der Waals surface area contributed by atoms with Gasteiger partial charge in [-0.25, -0.2) is 0 Å². The molecule has 0 aromatic heterocycles. The second-order valence-electron chi connectivity index (χ2n) is 7.59. The first-order valence-electron chi connectivity index (χ1n) is 9.96. The minimum Gasteiger partial charge on any atom is -0.376 e. The molecule has 192 valence electrons. The summed E-state index contributed by atoms with van der Waals surface area (Å²) < 4.78 is 131. The van der Waals surface area contributed by atoms with Crippen LogP contribution in [0.3, 0.4) is 0 Å². The average Bonchev–Trinajstić information content (AvgIpc) is 2.71. The second kappa shape index (κ2) is 8.69. The fraction of sp³-hybridized carbons (Fsp3) is 0.182. The van der Waals surface area contributed by atoms with Crippen LogP contribution in [-0.4, -0.2) is 27.9 Å². The monoisotopic (exact) mass is 552 g/mol. The number of hydrogen-bond donors (Lipinski definition) is 0. The average molecular weight is 552 g/mol. The molecular weight excluding hydrogens is 538 g/mol. The van der Waals surface area contributed by atoms with E-state index in [1.807, 2.05) is 0 Å². The molecule has 14 heteroatoms. The van der Waals surface area contributed by atoms with Crippen LogP contribution >= 0.6 is 0 Å². The third-order valence-corrected chi connectivity index (χ3v) is 7.19. The first-order chi connectivity index (χ1) is 16.6. The van der Waals surface area contributed by atoms with Crippen LogP contribution in [0.1, 0.15) is 17.5 Å². The van der Waals surface area contributed by atoms with Crippen molar-refractivity contribution in [3.05, 3.63) is 65.8 Å². The first kappa shape index (κ1) is 25.8. The van der Waals surface area contributed by atoms with Crippen molar-refractivity contribution in [3.8, 4) is 11.5 Å². The second-order valence-corrected chi connectivity index (χ2v) is 10.7.